The van der Waals surface area contributed by atoms with E-state index in [-0.39, 0.29) is 18.0 Å². The number of aromatic amines is 1. The van der Waals surface area contributed by atoms with Crippen molar-refractivity contribution in [2.24, 2.45) is 0 Å². The second-order valence-electron chi connectivity index (χ2n) is 6.99. The summed E-state index contributed by atoms with van der Waals surface area (Å²) in [5.74, 6) is 1.62. The van der Waals surface area contributed by atoms with E-state index >= 15 is 0 Å². The van der Waals surface area contributed by atoms with Gasteiger partial charge in [-0.15, -0.1) is 0 Å². The maximum Gasteiger partial charge on any atom is 0.258 e. The van der Waals surface area contributed by atoms with Crippen molar-refractivity contribution in [2.75, 3.05) is 0 Å². The van der Waals surface area contributed by atoms with Gasteiger partial charge in [0.2, 0.25) is 5.91 Å². The number of carbonyl (C=O) groups excluding carboxylic acids is 1. The molecule has 1 N–H and O–H groups in total. The van der Waals surface area contributed by atoms with Crippen LogP contribution in [-0.2, 0) is 17.9 Å². The molecule has 0 fully saturated rings. The van der Waals surface area contributed by atoms with Crippen LogP contribution in [0.3, 0.4) is 0 Å². The number of carbonyl (C=O) groups is 1. The molecule has 0 saturated carbocycles. The van der Waals surface area contributed by atoms with Gasteiger partial charge in [0, 0.05) is 12.6 Å². The first kappa shape index (κ1) is 19.4. The van der Waals surface area contributed by atoms with Crippen LogP contribution in [0.25, 0.3) is 17.0 Å². The highest BCUT2D eigenvalue weighted by Gasteiger charge is 2.15. The number of aryl methyl sites for hydroxylation is 1. The lowest BCUT2D eigenvalue weighted by Crippen LogP contribution is -2.30. The molecule has 0 unspecified atom stereocenters. The van der Waals surface area contributed by atoms with Crippen molar-refractivity contribution in [3.8, 4) is 0 Å². The van der Waals surface area contributed by atoms with Gasteiger partial charge in [-0.05, 0) is 42.8 Å². The molecule has 1 amide bonds. The van der Waals surface area contributed by atoms with Crippen LogP contribution < -0.4 is 5.56 Å². The molecule has 0 atom stereocenters. The van der Waals surface area contributed by atoms with Crippen LogP contribution in [0, 0.1) is 6.92 Å². The van der Waals surface area contributed by atoms with Gasteiger partial charge >= 0.3 is 0 Å². The van der Waals surface area contributed by atoms with Gasteiger partial charge in [0.05, 0.1) is 17.4 Å². The standard InChI is InChI=1S/C24H21N3O3/c1-17-11-12-19(30-17)13-14-23(28)27(15-18-7-3-2-4-8-18)16-22-25-21-10-6-5-9-20(21)24(29)26-22/h2-14H,15-16H2,1H3,(H,25,26,29)/b14-13+. The summed E-state index contributed by atoms with van der Waals surface area (Å²) in [6.07, 6.45) is 3.12. The fraction of sp³-hybridized carbons (Fsp3) is 0.125. The third-order valence-electron chi connectivity index (χ3n) is 4.68. The first-order valence-electron chi connectivity index (χ1n) is 9.64. The maximum atomic E-state index is 13.0. The summed E-state index contributed by atoms with van der Waals surface area (Å²) in [6, 6.07) is 20.5. The third kappa shape index (κ3) is 4.55. The normalized spacial score (nSPS) is 11.2. The Morgan fingerprint density at radius 2 is 1.80 bits per heavy atom. The zero-order valence-electron chi connectivity index (χ0n) is 16.5. The van der Waals surface area contributed by atoms with Crippen LogP contribution in [-0.4, -0.2) is 20.8 Å². The molecule has 2 aromatic heterocycles. The minimum Gasteiger partial charge on any atom is -0.462 e. The van der Waals surface area contributed by atoms with E-state index in [9.17, 15) is 9.59 Å². The Morgan fingerprint density at radius 3 is 2.57 bits per heavy atom. The van der Waals surface area contributed by atoms with Crippen LogP contribution in [0.1, 0.15) is 22.9 Å². The molecule has 2 heterocycles. The number of nitrogens with zero attached hydrogens (tertiary/aromatic N) is 2. The van der Waals surface area contributed by atoms with Gasteiger partial charge in [0.25, 0.3) is 5.56 Å². The number of amides is 1. The smallest absolute Gasteiger partial charge is 0.258 e. The summed E-state index contributed by atoms with van der Waals surface area (Å²) in [5, 5.41) is 0.523. The van der Waals surface area contributed by atoms with Crippen molar-refractivity contribution in [3.63, 3.8) is 0 Å². The van der Waals surface area contributed by atoms with Crippen molar-refractivity contribution in [1.29, 1.82) is 0 Å². The number of aromatic nitrogens is 2. The monoisotopic (exact) mass is 399 g/mol. The summed E-state index contributed by atoms with van der Waals surface area (Å²) in [5.41, 5.74) is 1.37. The van der Waals surface area contributed by atoms with E-state index in [0.717, 1.165) is 11.3 Å². The lowest BCUT2D eigenvalue weighted by molar-refractivity contribution is -0.127. The molecule has 30 heavy (non-hydrogen) atoms. The number of benzene rings is 2. The largest absolute Gasteiger partial charge is 0.462 e. The van der Waals surface area contributed by atoms with E-state index in [4.69, 9.17) is 4.42 Å². The number of nitrogens with one attached hydrogen (secondary N) is 1. The Labute approximate surface area is 173 Å². The number of rotatable bonds is 6. The quantitative estimate of drug-likeness (QED) is 0.496. The summed E-state index contributed by atoms with van der Waals surface area (Å²) in [4.78, 5) is 34.3. The van der Waals surface area contributed by atoms with Gasteiger partial charge in [-0.25, -0.2) is 4.98 Å². The van der Waals surface area contributed by atoms with Crippen LogP contribution in [0.15, 0.2) is 82.0 Å². The summed E-state index contributed by atoms with van der Waals surface area (Å²) in [7, 11) is 0. The van der Waals surface area contributed by atoms with E-state index in [0.29, 0.717) is 29.0 Å². The van der Waals surface area contributed by atoms with Gasteiger partial charge in [-0.3, -0.25) is 9.59 Å². The second-order valence-corrected chi connectivity index (χ2v) is 6.99. The minimum absolute atomic E-state index is 0.176. The molecule has 0 aliphatic rings. The molecule has 2 aromatic carbocycles. The predicted molar refractivity (Wildman–Crippen MR) is 116 cm³/mol. The molecule has 0 saturated heterocycles. The van der Waals surface area contributed by atoms with E-state index in [1.165, 1.54) is 6.08 Å². The van der Waals surface area contributed by atoms with Gasteiger partial charge in [0.15, 0.2) is 0 Å². The predicted octanol–water partition coefficient (Wildman–Crippen LogP) is 4.07. The number of H-pyrrole nitrogens is 1. The fourth-order valence-electron chi connectivity index (χ4n) is 3.21. The Bertz CT molecular complexity index is 1260. The number of hydrogen-bond donors (Lipinski definition) is 1. The Hall–Kier alpha value is -3.93. The number of hydrogen-bond acceptors (Lipinski definition) is 4. The highest BCUT2D eigenvalue weighted by Crippen LogP contribution is 2.13. The van der Waals surface area contributed by atoms with Crippen LogP contribution in [0.5, 0.6) is 0 Å². The van der Waals surface area contributed by atoms with Crippen molar-refractivity contribution < 1.29 is 9.21 Å². The molecule has 0 aliphatic carbocycles. The molecule has 4 aromatic rings. The fourth-order valence-corrected chi connectivity index (χ4v) is 3.21. The highest BCUT2D eigenvalue weighted by atomic mass is 16.3. The van der Waals surface area contributed by atoms with Crippen molar-refractivity contribution in [1.82, 2.24) is 14.9 Å². The second kappa shape index (κ2) is 8.61. The molecule has 0 bridgehead atoms. The summed E-state index contributed by atoms with van der Waals surface area (Å²) >= 11 is 0. The average Bonchev–Trinajstić information content (AvgIpc) is 3.17. The number of para-hydroxylation sites is 1. The molecule has 0 radical (unpaired) electrons. The molecule has 0 spiro atoms. The highest BCUT2D eigenvalue weighted by molar-refractivity contribution is 5.91. The van der Waals surface area contributed by atoms with Gasteiger partial charge in [-0.2, -0.15) is 0 Å². The maximum absolute atomic E-state index is 13.0. The Morgan fingerprint density at radius 1 is 1.03 bits per heavy atom. The zero-order valence-corrected chi connectivity index (χ0v) is 16.5. The molecule has 6 heteroatoms. The molecule has 0 aliphatic heterocycles. The van der Waals surface area contributed by atoms with Gasteiger partial charge < -0.3 is 14.3 Å². The molecule has 150 valence electrons. The van der Waals surface area contributed by atoms with Crippen LogP contribution >= 0.6 is 0 Å². The summed E-state index contributed by atoms with van der Waals surface area (Å²) < 4.78 is 5.50. The number of fused-ring (bicyclic) bond motifs is 1. The lowest BCUT2D eigenvalue weighted by Gasteiger charge is -2.21. The van der Waals surface area contributed by atoms with E-state index in [2.05, 4.69) is 9.97 Å². The molecular formula is C24H21N3O3. The average molecular weight is 399 g/mol. The van der Waals surface area contributed by atoms with Crippen molar-refractivity contribution >= 4 is 22.9 Å². The summed E-state index contributed by atoms with van der Waals surface area (Å²) in [6.45, 7) is 2.41. The SMILES string of the molecule is Cc1ccc(/C=C/C(=O)N(Cc2ccccc2)Cc2nc3ccccc3c(=O)[nH]2)o1. The first-order valence-corrected chi connectivity index (χ1v) is 9.64. The zero-order chi connectivity index (χ0) is 20.9. The molecule has 6 nitrogen and oxygen atoms in total. The lowest BCUT2D eigenvalue weighted by atomic mass is 10.2. The van der Waals surface area contributed by atoms with Crippen molar-refractivity contribution in [3.05, 3.63) is 106 Å². The topological polar surface area (TPSA) is 79.2 Å². The first-order chi connectivity index (χ1) is 14.6. The van der Waals surface area contributed by atoms with Crippen LogP contribution in [0.2, 0.25) is 0 Å². The molecule has 4 rings (SSSR count). The minimum atomic E-state index is -0.218. The van der Waals surface area contributed by atoms with E-state index < -0.39 is 0 Å². The Balaban J connectivity index is 1.62. The van der Waals surface area contributed by atoms with Gasteiger partial charge in [0.1, 0.15) is 17.3 Å². The van der Waals surface area contributed by atoms with Crippen molar-refractivity contribution in [2.45, 2.75) is 20.0 Å². The van der Waals surface area contributed by atoms with Gasteiger partial charge in [-0.1, -0.05) is 42.5 Å². The van der Waals surface area contributed by atoms with E-state index in [1.54, 1.807) is 29.2 Å². The van der Waals surface area contributed by atoms with Crippen LogP contribution in [0.4, 0.5) is 0 Å². The third-order valence-corrected chi connectivity index (χ3v) is 4.68. The molecular weight excluding hydrogens is 378 g/mol. The number of furan rings is 1. The Kier molecular flexibility index (Phi) is 5.57. The van der Waals surface area contributed by atoms with E-state index in [1.807, 2.05) is 55.5 Å².